The Kier molecular flexibility index (Phi) is 5.80. The largest absolute Gasteiger partial charge is 0.524 e. The monoisotopic (exact) mass is 448 g/mol. The van der Waals surface area contributed by atoms with Gasteiger partial charge in [0, 0.05) is 0 Å². The molecule has 3 N–H and O–H groups in total. The summed E-state index contributed by atoms with van der Waals surface area (Å²) in [5.41, 5.74) is -0.703. The third kappa shape index (κ3) is 5.45. The lowest BCUT2D eigenvalue weighted by atomic mass is 10.1. The van der Waals surface area contributed by atoms with Crippen LogP contribution in [0.15, 0.2) is 64.2 Å². The van der Waals surface area contributed by atoms with Crippen molar-refractivity contribution in [1.29, 1.82) is 0 Å². The summed E-state index contributed by atoms with van der Waals surface area (Å²) in [4.78, 5) is 21.7. The Morgan fingerprint density at radius 3 is 2.55 bits per heavy atom. The van der Waals surface area contributed by atoms with Gasteiger partial charge < -0.3 is 13.7 Å². The summed E-state index contributed by atoms with van der Waals surface area (Å²) in [6, 6.07) is 7.62. The fraction of sp³-hybridized carbons (Fsp3) is 0.0625. The number of benzene rings is 2. The molecule has 0 aliphatic heterocycles. The molecule has 0 aliphatic carbocycles. The highest BCUT2D eigenvalue weighted by atomic mass is 32.2. The molecule has 3 aromatic rings. The van der Waals surface area contributed by atoms with Gasteiger partial charge in [-0.15, -0.1) is 0 Å². The van der Waals surface area contributed by atoms with Crippen LogP contribution in [0.25, 0.3) is 11.5 Å². The molecular weight excluding hydrogens is 436 g/mol. The Morgan fingerprint density at radius 2 is 1.93 bits per heavy atom. The van der Waals surface area contributed by atoms with Gasteiger partial charge in [-0.05, 0) is 36.4 Å². The van der Waals surface area contributed by atoms with Crippen LogP contribution >= 0.6 is 7.82 Å². The van der Waals surface area contributed by atoms with E-state index < -0.39 is 30.5 Å². The summed E-state index contributed by atoms with van der Waals surface area (Å²) >= 11 is 0. The van der Waals surface area contributed by atoms with E-state index in [2.05, 4.69) is 14.2 Å². The van der Waals surface area contributed by atoms with Crippen LogP contribution < -0.4 is 9.25 Å². The lowest BCUT2D eigenvalue weighted by Gasteiger charge is -2.13. The molecule has 13 heteroatoms. The number of phosphoric ester groups is 1. The maximum atomic E-state index is 12.9. The van der Waals surface area contributed by atoms with Gasteiger partial charge in [-0.3, -0.25) is 9.79 Å². The lowest BCUT2D eigenvalue weighted by Crippen LogP contribution is -2.09. The van der Waals surface area contributed by atoms with Crippen molar-refractivity contribution in [1.82, 2.24) is 4.98 Å². The zero-order valence-electron chi connectivity index (χ0n) is 14.2. The molecule has 0 fully saturated rings. The molecule has 154 valence electrons. The van der Waals surface area contributed by atoms with Crippen molar-refractivity contribution in [3.63, 3.8) is 0 Å². The summed E-state index contributed by atoms with van der Waals surface area (Å²) in [6.07, 6.45) is -2.05. The van der Waals surface area contributed by atoms with Crippen molar-refractivity contribution in [3.8, 4) is 17.2 Å². The number of halogens is 3. The van der Waals surface area contributed by atoms with Crippen molar-refractivity contribution in [2.45, 2.75) is 11.1 Å². The first-order valence-corrected chi connectivity index (χ1v) is 10.4. The number of phosphoric acid groups is 1. The minimum Gasteiger partial charge on any atom is -0.444 e. The molecule has 0 spiro atoms. The number of hydrogen-bond acceptors (Lipinski definition) is 5. The molecular formula is C16H12F3N2O6PS. The number of rotatable bonds is 6. The molecule has 1 unspecified atom stereocenters. The van der Waals surface area contributed by atoms with Crippen LogP contribution in [0, 0.1) is 0 Å². The molecule has 0 amide bonds. The second kappa shape index (κ2) is 7.99. The van der Waals surface area contributed by atoms with Gasteiger partial charge in [0.1, 0.15) is 23.0 Å². The Labute approximate surface area is 164 Å². The van der Waals surface area contributed by atoms with Crippen LogP contribution in [-0.2, 0) is 21.7 Å². The van der Waals surface area contributed by atoms with E-state index in [0.717, 1.165) is 18.2 Å². The lowest BCUT2D eigenvalue weighted by molar-refractivity contribution is -0.137. The van der Waals surface area contributed by atoms with Gasteiger partial charge in [0.2, 0.25) is 5.89 Å². The smallest absolute Gasteiger partial charge is 0.444 e. The summed E-state index contributed by atoms with van der Waals surface area (Å²) in [5, 5.41) is 0. The van der Waals surface area contributed by atoms with Gasteiger partial charge in [-0.1, -0.05) is 6.07 Å². The first-order chi connectivity index (χ1) is 13.5. The molecule has 0 bridgehead atoms. The van der Waals surface area contributed by atoms with Crippen LogP contribution in [0.3, 0.4) is 0 Å². The summed E-state index contributed by atoms with van der Waals surface area (Å²) < 4.78 is 74.4. The van der Waals surface area contributed by atoms with E-state index in [1.54, 1.807) is 0 Å². The topological polar surface area (TPSA) is 122 Å². The van der Waals surface area contributed by atoms with E-state index in [0.29, 0.717) is 0 Å². The molecule has 0 saturated heterocycles. The number of hydrogen-bond donors (Lipinski definition) is 3. The van der Waals surface area contributed by atoms with Crippen LogP contribution in [0.4, 0.5) is 18.9 Å². The maximum absolute atomic E-state index is 12.9. The van der Waals surface area contributed by atoms with E-state index >= 15 is 0 Å². The third-order valence-electron chi connectivity index (χ3n) is 3.46. The predicted molar refractivity (Wildman–Crippen MR) is 96.1 cm³/mol. The average Bonchev–Trinajstić information content (AvgIpc) is 3.15. The average molecular weight is 448 g/mol. The van der Waals surface area contributed by atoms with Gasteiger partial charge in [-0.2, -0.15) is 13.2 Å². The number of nitrogens with one attached hydrogen (secondary N) is 1. The van der Waals surface area contributed by atoms with E-state index in [1.807, 2.05) is 0 Å². The molecule has 2 aromatic carbocycles. The first kappa shape index (κ1) is 21.1. The fourth-order valence-corrected chi connectivity index (χ4v) is 3.61. The Bertz CT molecular complexity index is 1080. The fourth-order valence-electron chi connectivity index (χ4n) is 2.29. The van der Waals surface area contributed by atoms with Crippen LogP contribution in [0.5, 0.6) is 5.75 Å². The molecule has 29 heavy (non-hydrogen) atoms. The second-order valence-corrected chi connectivity index (χ2v) is 7.90. The van der Waals surface area contributed by atoms with Crippen LogP contribution in [0.2, 0.25) is 0 Å². The number of nitrogens with zero attached hydrogens (tertiary/aromatic N) is 1. The van der Waals surface area contributed by atoms with Crippen molar-refractivity contribution >= 4 is 24.5 Å². The summed E-state index contributed by atoms with van der Waals surface area (Å²) in [7, 11) is -6.93. The minimum atomic E-state index is -4.83. The number of aromatic nitrogens is 1. The normalized spacial score (nSPS) is 13.1. The quantitative estimate of drug-likeness (QED) is 0.488. The van der Waals surface area contributed by atoms with Gasteiger partial charge in [0.25, 0.3) is 0 Å². The van der Waals surface area contributed by atoms with Crippen LogP contribution in [0.1, 0.15) is 5.56 Å². The predicted octanol–water partition coefficient (Wildman–Crippen LogP) is 3.97. The SMILES string of the molecule is O=S(Nc1ccc(OP(=O)(O)O)cc1-c1ncco1)c1cccc(C(F)(F)F)c1. The number of anilines is 1. The summed E-state index contributed by atoms with van der Waals surface area (Å²) in [5.74, 6) is -0.216. The van der Waals surface area contributed by atoms with Gasteiger partial charge in [0.05, 0.1) is 27.9 Å². The van der Waals surface area contributed by atoms with Gasteiger partial charge >= 0.3 is 14.0 Å². The van der Waals surface area contributed by atoms with Crippen LogP contribution in [-0.4, -0.2) is 19.0 Å². The highest BCUT2D eigenvalue weighted by Crippen LogP contribution is 2.40. The molecule has 3 rings (SSSR count). The van der Waals surface area contributed by atoms with Crippen molar-refractivity contribution in [3.05, 3.63) is 60.5 Å². The second-order valence-electron chi connectivity index (χ2n) is 5.52. The van der Waals surface area contributed by atoms with Crippen molar-refractivity contribution < 1.29 is 40.7 Å². The molecule has 1 heterocycles. The number of alkyl halides is 3. The molecule has 1 atom stereocenters. The molecule has 0 saturated carbocycles. The van der Waals surface area contributed by atoms with E-state index in [1.165, 1.54) is 36.7 Å². The molecule has 8 nitrogen and oxygen atoms in total. The summed E-state index contributed by atoms with van der Waals surface area (Å²) in [6.45, 7) is 0. The van der Waals surface area contributed by atoms with E-state index in [4.69, 9.17) is 14.2 Å². The van der Waals surface area contributed by atoms with Crippen molar-refractivity contribution in [2.24, 2.45) is 0 Å². The van der Waals surface area contributed by atoms with Crippen molar-refractivity contribution in [2.75, 3.05) is 4.72 Å². The van der Waals surface area contributed by atoms with Gasteiger partial charge in [-0.25, -0.2) is 13.8 Å². The Balaban J connectivity index is 1.94. The first-order valence-electron chi connectivity index (χ1n) is 7.68. The third-order valence-corrected chi connectivity index (χ3v) is 4.99. The zero-order valence-corrected chi connectivity index (χ0v) is 15.9. The van der Waals surface area contributed by atoms with E-state index in [9.17, 15) is 21.9 Å². The number of oxazole rings is 1. The minimum absolute atomic E-state index is 0.00436. The molecule has 1 aromatic heterocycles. The molecule has 0 aliphatic rings. The highest BCUT2D eigenvalue weighted by Gasteiger charge is 2.31. The van der Waals surface area contributed by atoms with E-state index in [-0.39, 0.29) is 27.8 Å². The molecule has 0 radical (unpaired) electrons. The standard InChI is InChI=1S/C16H12F3N2O6PS/c17-16(18,19)10-2-1-3-12(8-10)29(25)21-14-5-4-11(27-28(22,23)24)9-13(14)15-20-6-7-26-15/h1-9,21H,(H2,22,23,24). The Morgan fingerprint density at radius 1 is 1.17 bits per heavy atom. The Hall–Kier alpha value is -2.66. The maximum Gasteiger partial charge on any atom is 0.524 e. The highest BCUT2D eigenvalue weighted by molar-refractivity contribution is 7.86. The van der Waals surface area contributed by atoms with Gasteiger partial charge in [0.15, 0.2) is 0 Å². The zero-order chi connectivity index (χ0) is 21.2.